The minimum atomic E-state index is 0.458. The molecule has 0 aliphatic heterocycles. The second-order valence-corrected chi connectivity index (χ2v) is 5.67. The summed E-state index contributed by atoms with van der Waals surface area (Å²) in [5, 5.41) is 0.616. The molecule has 1 fully saturated rings. The van der Waals surface area contributed by atoms with Gasteiger partial charge in [0.15, 0.2) is 0 Å². The summed E-state index contributed by atoms with van der Waals surface area (Å²) in [5.41, 5.74) is 9.54. The standard InChI is InChI=1S/C16H18ClN3O/c1-3-13-15(11-7-6-10(21-2)8-12(11)17)20-14(9-4-5-9)16(18)19-13/h6-9H,3-5H2,1-2H3,(H2,18,19). The van der Waals surface area contributed by atoms with Crippen LogP contribution in [0.5, 0.6) is 5.75 Å². The highest BCUT2D eigenvalue weighted by Crippen LogP contribution is 2.42. The van der Waals surface area contributed by atoms with Crippen molar-refractivity contribution in [1.29, 1.82) is 0 Å². The number of benzene rings is 1. The van der Waals surface area contributed by atoms with Crippen LogP contribution in [0.25, 0.3) is 11.3 Å². The van der Waals surface area contributed by atoms with Crippen molar-refractivity contribution in [2.24, 2.45) is 0 Å². The lowest BCUT2D eigenvalue weighted by molar-refractivity contribution is 0.415. The number of hydrogen-bond donors (Lipinski definition) is 1. The smallest absolute Gasteiger partial charge is 0.145 e. The first kappa shape index (κ1) is 14.1. The molecule has 110 valence electrons. The Kier molecular flexibility index (Phi) is 3.72. The van der Waals surface area contributed by atoms with E-state index in [1.165, 1.54) is 0 Å². The Morgan fingerprint density at radius 3 is 2.67 bits per heavy atom. The number of aromatic nitrogens is 2. The first-order chi connectivity index (χ1) is 10.1. The van der Waals surface area contributed by atoms with Crippen molar-refractivity contribution >= 4 is 17.4 Å². The molecule has 0 saturated heterocycles. The third-order valence-electron chi connectivity index (χ3n) is 3.75. The Bertz CT molecular complexity index is 683. The molecule has 1 aromatic carbocycles. The van der Waals surface area contributed by atoms with E-state index in [4.69, 9.17) is 27.1 Å². The second kappa shape index (κ2) is 5.53. The van der Waals surface area contributed by atoms with Gasteiger partial charge in [-0.25, -0.2) is 9.97 Å². The zero-order chi connectivity index (χ0) is 15.0. The topological polar surface area (TPSA) is 61.0 Å². The molecule has 0 amide bonds. The quantitative estimate of drug-likeness (QED) is 0.932. The molecule has 1 aliphatic rings. The van der Waals surface area contributed by atoms with E-state index in [1.54, 1.807) is 13.2 Å². The molecule has 0 unspecified atom stereocenters. The minimum Gasteiger partial charge on any atom is -0.497 e. The minimum absolute atomic E-state index is 0.458. The monoisotopic (exact) mass is 303 g/mol. The van der Waals surface area contributed by atoms with Crippen molar-refractivity contribution in [2.75, 3.05) is 12.8 Å². The van der Waals surface area contributed by atoms with Crippen molar-refractivity contribution < 1.29 is 4.74 Å². The van der Waals surface area contributed by atoms with Gasteiger partial charge in [-0.1, -0.05) is 18.5 Å². The number of nitrogen functional groups attached to an aromatic ring is 1. The van der Waals surface area contributed by atoms with E-state index in [9.17, 15) is 0 Å². The van der Waals surface area contributed by atoms with Gasteiger partial charge < -0.3 is 10.5 Å². The highest BCUT2D eigenvalue weighted by Gasteiger charge is 2.29. The van der Waals surface area contributed by atoms with E-state index >= 15 is 0 Å². The van der Waals surface area contributed by atoms with Crippen LogP contribution >= 0.6 is 11.6 Å². The number of anilines is 1. The molecule has 5 heteroatoms. The van der Waals surface area contributed by atoms with Crippen LogP contribution in [0.1, 0.15) is 37.1 Å². The van der Waals surface area contributed by atoms with E-state index in [-0.39, 0.29) is 0 Å². The zero-order valence-corrected chi connectivity index (χ0v) is 12.9. The van der Waals surface area contributed by atoms with Gasteiger partial charge in [-0.3, -0.25) is 0 Å². The van der Waals surface area contributed by atoms with E-state index < -0.39 is 0 Å². The fraction of sp³-hybridized carbons (Fsp3) is 0.375. The van der Waals surface area contributed by atoms with E-state index in [2.05, 4.69) is 4.98 Å². The van der Waals surface area contributed by atoms with Crippen LogP contribution in [0.4, 0.5) is 5.82 Å². The van der Waals surface area contributed by atoms with Crippen LogP contribution in [0.3, 0.4) is 0 Å². The average molecular weight is 304 g/mol. The molecule has 1 aliphatic carbocycles. The Morgan fingerprint density at radius 1 is 1.33 bits per heavy atom. The van der Waals surface area contributed by atoms with Crippen LogP contribution in [-0.2, 0) is 6.42 Å². The molecular formula is C16H18ClN3O. The Balaban J connectivity index is 2.14. The van der Waals surface area contributed by atoms with Crippen molar-refractivity contribution in [3.63, 3.8) is 0 Å². The van der Waals surface area contributed by atoms with Gasteiger partial charge in [0.25, 0.3) is 0 Å². The molecule has 0 radical (unpaired) electrons. The number of methoxy groups -OCH3 is 1. The van der Waals surface area contributed by atoms with E-state index in [1.807, 2.05) is 19.1 Å². The number of halogens is 1. The first-order valence-electron chi connectivity index (χ1n) is 7.14. The van der Waals surface area contributed by atoms with Crippen LogP contribution in [0.15, 0.2) is 18.2 Å². The van der Waals surface area contributed by atoms with Crippen LogP contribution in [-0.4, -0.2) is 17.1 Å². The summed E-state index contributed by atoms with van der Waals surface area (Å²) in [6.07, 6.45) is 3.04. The van der Waals surface area contributed by atoms with Gasteiger partial charge in [0.05, 0.1) is 29.2 Å². The third-order valence-corrected chi connectivity index (χ3v) is 4.07. The maximum atomic E-state index is 6.38. The predicted octanol–water partition coefficient (Wildman–Crippen LogP) is 3.83. The molecule has 0 bridgehead atoms. The van der Waals surface area contributed by atoms with Gasteiger partial charge in [0, 0.05) is 11.5 Å². The largest absolute Gasteiger partial charge is 0.497 e. The lowest BCUT2D eigenvalue weighted by atomic mass is 10.1. The van der Waals surface area contributed by atoms with Gasteiger partial charge in [0.2, 0.25) is 0 Å². The molecule has 21 heavy (non-hydrogen) atoms. The number of rotatable bonds is 4. The molecular weight excluding hydrogens is 286 g/mol. The Morgan fingerprint density at radius 2 is 2.10 bits per heavy atom. The van der Waals surface area contributed by atoms with Crippen molar-refractivity contribution in [2.45, 2.75) is 32.1 Å². The molecule has 4 nitrogen and oxygen atoms in total. The van der Waals surface area contributed by atoms with Gasteiger partial charge in [0.1, 0.15) is 11.6 Å². The number of ether oxygens (including phenoxy) is 1. The summed E-state index contributed by atoms with van der Waals surface area (Å²) in [5.74, 6) is 1.74. The van der Waals surface area contributed by atoms with Gasteiger partial charge in [-0.2, -0.15) is 0 Å². The Labute approximate surface area is 129 Å². The van der Waals surface area contributed by atoms with Gasteiger partial charge >= 0.3 is 0 Å². The molecule has 2 aromatic rings. The normalized spacial score (nSPS) is 14.2. The third kappa shape index (κ3) is 2.68. The molecule has 2 N–H and O–H groups in total. The zero-order valence-electron chi connectivity index (χ0n) is 12.2. The first-order valence-corrected chi connectivity index (χ1v) is 7.52. The number of nitrogens with two attached hydrogens (primary N) is 1. The summed E-state index contributed by atoms with van der Waals surface area (Å²) in [6.45, 7) is 2.04. The maximum absolute atomic E-state index is 6.38. The predicted molar refractivity (Wildman–Crippen MR) is 84.8 cm³/mol. The highest BCUT2D eigenvalue weighted by molar-refractivity contribution is 6.33. The lowest BCUT2D eigenvalue weighted by Gasteiger charge is -2.13. The lowest BCUT2D eigenvalue weighted by Crippen LogP contribution is -2.06. The summed E-state index contributed by atoms with van der Waals surface area (Å²) >= 11 is 6.38. The van der Waals surface area contributed by atoms with Crippen LogP contribution in [0, 0.1) is 0 Å². The van der Waals surface area contributed by atoms with Crippen LogP contribution in [0.2, 0.25) is 5.02 Å². The number of nitrogens with zero attached hydrogens (tertiary/aromatic N) is 2. The van der Waals surface area contributed by atoms with Crippen LogP contribution < -0.4 is 10.5 Å². The Hall–Kier alpha value is -1.81. The fourth-order valence-corrected chi connectivity index (χ4v) is 2.69. The summed E-state index contributed by atoms with van der Waals surface area (Å²) in [7, 11) is 1.62. The van der Waals surface area contributed by atoms with Crippen molar-refractivity contribution in [1.82, 2.24) is 9.97 Å². The molecule has 1 saturated carbocycles. The van der Waals surface area contributed by atoms with Gasteiger partial charge in [-0.05, 0) is 37.5 Å². The van der Waals surface area contributed by atoms with E-state index in [0.29, 0.717) is 16.8 Å². The molecule has 3 rings (SSSR count). The molecule has 0 atom stereocenters. The number of hydrogen-bond acceptors (Lipinski definition) is 4. The molecule has 0 spiro atoms. The number of aryl methyl sites for hydroxylation is 1. The molecule has 1 aromatic heterocycles. The summed E-state index contributed by atoms with van der Waals surface area (Å²) in [6, 6.07) is 5.61. The average Bonchev–Trinajstić information content (AvgIpc) is 3.31. The second-order valence-electron chi connectivity index (χ2n) is 5.26. The van der Waals surface area contributed by atoms with Crippen molar-refractivity contribution in [3.8, 4) is 17.0 Å². The summed E-state index contributed by atoms with van der Waals surface area (Å²) < 4.78 is 5.19. The van der Waals surface area contributed by atoms with E-state index in [0.717, 1.165) is 47.7 Å². The molecule has 1 heterocycles. The SMILES string of the molecule is CCc1nc(N)c(C2CC2)nc1-c1ccc(OC)cc1Cl. The highest BCUT2D eigenvalue weighted by atomic mass is 35.5. The fourth-order valence-electron chi connectivity index (χ4n) is 2.43. The summed E-state index contributed by atoms with van der Waals surface area (Å²) in [4.78, 5) is 9.32. The van der Waals surface area contributed by atoms with Crippen molar-refractivity contribution in [3.05, 3.63) is 34.6 Å². The maximum Gasteiger partial charge on any atom is 0.145 e. The van der Waals surface area contributed by atoms with Gasteiger partial charge in [-0.15, -0.1) is 0 Å².